The maximum atomic E-state index is 13.8. The minimum absolute atomic E-state index is 0.150. The van der Waals surface area contributed by atoms with Crippen molar-refractivity contribution >= 4 is 11.6 Å². The van der Waals surface area contributed by atoms with E-state index in [0.29, 0.717) is 31.6 Å². The van der Waals surface area contributed by atoms with E-state index < -0.39 is 23.7 Å². The van der Waals surface area contributed by atoms with E-state index in [1.54, 1.807) is 6.07 Å². The summed E-state index contributed by atoms with van der Waals surface area (Å²) in [5, 5.41) is 14.7. The summed E-state index contributed by atoms with van der Waals surface area (Å²) in [5.41, 5.74) is -3.08. The number of hydrogen-bond acceptors (Lipinski definition) is 5. The summed E-state index contributed by atoms with van der Waals surface area (Å²) < 4.78 is 46.9. The zero-order valence-electron chi connectivity index (χ0n) is 15.5. The number of fused-ring (bicyclic) bond motifs is 1. The lowest BCUT2D eigenvalue weighted by Gasteiger charge is -2.37. The maximum Gasteiger partial charge on any atom is 0.439 e. The Morgan fingerprint density at radius 2 is 1.96 bits per heavy atom. The molecule has 1 saturated carbocycles. The second kappa shape index (κ2) is 7.18. The molecule has 1 saturated heterocycles. The molecule has 2 atom stereocenters. The number of rotatable bonds is 3. The third kappa shape index (κ3) is 3.24. The van der Waals surface area contributed by atoms with E-state index in [1.807, 2.05) is 0 Å². The van der Waals surface area contributed by atoms with Crippen molar-refractivity contribution in [2.45, 2.75) is 63.4 Å². The van der Waals surface area contributed by atoms with Crippen LogP contribution in [0, 0.1) is 5.92 Å². The number of aliphatic hydroxyl groups is 1. The Hall–Kier alpha value is -1.87. The number of hydrogen-bond donors (Lipinski definition) is 1. The SMILES string of the molecule is O=C(c1ccc(CN2CCCCC2)o1)N1N=C2CCCC[C@@H]2[C@]1(O)C(F)(F)F. The highest BCUT2D eigenvalue weighted by molar-refractivity contribution is 5.98. The van der Waals surface area contributed by atoms with Crippen molar-refractivity contribution in [1.29, 1.82) is 0 Å². The Labute approximate surface area is 161 Å². The fraction of sp³-hybridized carbons (Fsp3) is 0.684. The van der Waals surface area contributed by atoms with Crippen LogP contribution in [0.3, 0.4) is 0 Å². The smallest absolute Gasteiger partial charge is 0.439 e. The molecular formula is C19H24F3N3O3. The molecule has 0 aromatic carbocycles. The molecule has 2 aliphatic heterocycles. The molecule has 0 unspecified atom stereocenters. The van der Waals surface area contributed by atoms with Gasteiger partial charge in [-0.15, -0.1) is 0 Å². The van der Waals surface area contributed by atoms with E-state index >= 15 is 0 Å². The van der Waals surface area contributed by atoms with E-state index in [9.17, 15) is 23.1 Å². The van der Waals surface area contributed by atoms with Crippen LogP contribution in [0.2, 0.25) is 0 Å². The Morgan fingerprint density at radius 1 is 1.21 bits per heavy atom. The highest BCUT2D eigenvalue weighted by Crippen LogP contribution is 2.48. The molecule has 0 bridgehead atoms. The third-order valence-corrected chi connectivity index (χ3v) is 5.93. The summed E-state index contributed by atoms with van der Waals surface area (Å²) in [7, 11) is 0. The van der Waals surface area contributed by atoms with Crippen molar-refractivity contribution in [2.24, 2.45) is 11.0 Å². The van der Waals surface area contributed by atoms with Gasteiger partial charge in [0.2, 0.25) is 0 Å². The number of amides is 1. The molecule has 2 fully saturated rings. The summed E-state index contributed by atoms with van der Waals surface area (Å²) in [6, 6.07) is 2.96. The molecule has 4 rings (SSSR count). The van der Waals surface area contributed by atoms with E-state index in [1.165, 1.54) is 12.5 Å². The lowest BCUT2D eigenvalue weighted by Crippen LogP contribution is -2.61. The van der Waals surface area contributed by atoms with Crippen LogP contribution in [0.25, 0.3) is 0 Å². The highest BCUT2D eigenvalue weighted by atomic mass is 19.4. The molecule has 0 radical (unpaired) electrons. The minimum Gasteiger partial charge on any atom is -0.454 e. The van der Waals surface area contributed by atoms with Crippen LogP contribution in [0.4, 0.5) is 13.2 Å². The fourth-order valence-electron chi connectivity index (χ4n) is 4.44. The Morgan fingerprint density at radius 3 is 2.68 bits per heavy atom. The van der Waals surface area contributed by atoms with E-state index in [2.05, 4.69) is 10.0 Å². The van der Waals surface area contributed by atoms with Crippen LogP contribution < -0.4 is 0 Å². The van der Waals surface area contributed by atoms with Gasteiger partial charge in [-0.3, -0.25) is 9.69 Å². The number of piperidine rings is 1. The molecule has 28 heavy (non-hydrogen) atoms. The first kappa shape index (κ1) is 19.4. The van der Waals surface area contributed by atoms with Crippen LogP contribution in [0.5, 0.6) is 0 Å². The quantitative estimate of drug-likeness (QED) is 0.845. The second-order valence-electron chi connectivity index (χ2n) is 7.83. The van der Waals surface area contributed by atoms with E-state index in [4.69, 9.17) is 4.42 Å². The number of hydrazone groups is 1. The molecule has 3 aliphatic rings. The van der Waals surface area contributed by atoms with E-state index in [-0.39, 0.29) is 22.9 Å². The number of alkyl halides is 3. The first-order chi connectivity index (χ1) is 13.3. The van der Waals surface area contributed by atoms with E-state index in [0.717, 1.165) is 25.9 Å². The van der Waals surface area contributed by atoms with Gasteiger partial charge in [0.1, 0.15) is 5.76 Å². The molecule has 0 spiro atoms. The first-order valence-corrected chi connectivity index (χ1v) is 9.83. The number of nitrogens with zero attached hydrogens (tertiary/aromatic N) is 3. The molecule has 3 heterocycles. The van der Waals surface area contributed by atoms with Gasteiger partial charge in [0.05, 0.1) is 12.5 Å². The van der Waals surface area contributed by atoms with Crippen molar-refractivity contribution < 1.29 is 27.5 Å². The van der Waals surface area contributed by atoms with Crippen molar-refractivity contribution in [1.82, 2.24) is 9.91 Å². The summed E-state index contributed by atoms with van der Waals surface area (Å²) in [6.45, 7) is 2.37. The van der Waals surface area contributed by atoms with Gasteiger partial charge in [-0.1, -0.05) is 12.8 Å². The number of carbonyl (C=O) groups excluding carboxylic acids is 1. The normalized spacial score (nSPS) is 28.9. The number of likely N-dealkylation sites (tertiary alicyclic amines) is 1. The average Bonchev–Trinajstić information content (AvgIpc) is 3.25. The minimum atomic E-state index is -5.01. The zero-order valence-corrected chi connectivity index (χ0v) is 15.5. The molecule has 1 aromatic heterocycles. The maximum absolute atomic E-state index is 13.8. The summed E-state index contributed by atoms with van der Waals surface area (Å²) in [4.78, 5) is 15.0. The van der Waals surface area contributed by atoms with Crippen molar-refractivity contribution in [3.63, 3.8) is 0 Å². The van der Waals surface area contributed by atoms with Gasteiger partial charge in [0.15, 0.2) is 5.76 Å². The first-order valence-electron chi connectivity index (χ1n) is 9.83. The van der Waals surface area contributed by atoms with Gasteiger partial charge in [-0.2, -0.15) is 23.3 Å². The van der Waals surface area contributed by atoms with Crippen molar-refractivity contribution in [3.05, 3.63) is 23.7 Å². The van der Waals surface area contributed by atoms with Crippen LogP contribution in [0.1, 0.15) is 61.3 Å². The lowest BCUT2D eigenvalue weighted by molar-refractivity contribution is -0.312. The number of halogens is 3. The summed E-state index contributed by atoms with van der Waals surface area (Å²) in [5.74, 6) is -2.00. The standard InChI is InChI=1S/C19H24F3N3O3/c20-19(21,22)18(27)14-6-2-3-7-15(14)23-25(18)17(26)16-9-8-13(28-16)12-24-10-4-1-5-11-24/h8-9,14,27H,1-7,10-12H2/t14-,18-/m0/s1. The van der Waals surface area contributed by atoms with Crippen LogP contribution in [0.15, 0.2) is 21.7 Å². The van der Waals surface area contributed by atoms with Gasteiger partial charge < -0.3 is 9.52 Å². The Balaban J connectivity index is 1.57. The molecular weight excluding hydrogens is 375 g/mol. The predicted molar refractivity (Wildman–Crippen MR) is 94.4 cm³/mol. The van der Waals surface area contributed by atoms with Gasteiger partial charge in [0, 0.05) is 5.71 Å². The van der Waals surface area contributed by atoms with Crippen molar-refractivity contribution in [3.8, 4) is 0 Å². The van der Waals surface area contributed by atoms with Gasteiger partial charge >= 0.3 is 12.1 Å². The van der Waals surface area contributed by atoms with Gasteiger partial charge in [-0.25, -0.2) is 0 Å². The number of carbonyl (C=O) groups is 1. The Kier molecular flexibility index (Phi) is 4.99. The molecule has 6 nitrogen and oxygen atoms in total. The Bertz CT molecular complexity index is 770. The van der Waals surface area contributed by atoms with Crippen molar-refractivity contribution in [2.75, 3.05) is 13.1 Å². The molecule has 1 amide bonds. The van der Waals surface area contributed by atoms with Crippen LogP contribution in [-0.2, 0) is 6.54 Å². The average molecular weight is 399 g/mol. The highest BCUT2D eigenvalue weighted by Gasteiger charge is 2.68. The molecule has 1 aliphatic carbocycles. The molecule has 1 aromatic rings. The van der Waals surface area contributed by atoms with Gasteiger partial charge in [0.25, 0.3) is 5.72 Å². The monoisotopic (exact) mass is 399 g/mol. The molecule has 154 valence electrons. The van der Waals surface area contributed by atoms with Gasteiger partial charge in [-0.05, 0) is 57.3 Å². The third-order valence-electron chi connectivity index (χ3n) is 5.93. The van der Waals surface area contributed by atoms with Crippen LogP contribution >= 0.6 is 0 Å². The zero-order chi connectivity index (χ0) is 19.9. The predicted octanol–water partition coefficient (Wildman–Crippen LogP) is 3.52. The molecule has 9 heteroatoms. The summed E-state index contributed by atoms with van der Waals surface area (Å²) >= 11 is 0. The lowest BCUT2D eigenvalue weighted by atomic mass is 9.80. The topological polar surface area (TPSA) is 69.3 Å². The second-order valence-corrected chi connectivity index (χ2v) is 7.83. The summed E-state index contributed by atoms with van der Waals surface area (Å²) in [6.07, 6.45) is 0.124. The molecule has 1 N–H and O–H groups in total. The number of furan rings is 1. The fourth-order valence-corrected chi connectivity index (χ4v) is 4.44. The van der Waals surface area contributed by atoms with Crippen LogP contribution in [-0.4, -0.2) is 51.6 Å². The largest absolute Gasteiger partial charge is 0.454 e.